The summed E-state index contributed by atoms with van der Waals surface area (Å²) in [6.45, 7) is 8.21. The third-order valence-electron chi connectivity index (χ3n) is 4.95. The molecule has 0 heterocycles. The van der Waals surface area contributed by atoms with Gasteiger partial charge < -0.3 is 9.63 Å². The van der Waals surface area contributed by atoms with E-state index < -0.39 is 13.0 Å². The lowest BCUT2D eigenvalue weighted by atomic mass is 9.86. The third kappa shape index (κ3) is 4.15. The molecule has 3 aromatic rings. The number of hydrogen-bond acceptors (Lipinski definition) is 3. The molecule has 3 nitrogen and oxygen atoms in total. The zero-order chi connectivity index (χ0) is 20.4. The number of hydrogen-bond donors (Lipinski definition) is 1. The van der Waals surface area contributed by atoms with Gasteiger partial charge in [-0.3, -0.25) is 4.57 Å². The predicted molar refractivity (Wildman–Crippen MR) is 116 cm³/mol. The molecule has 28 heavy (non-hydrogen) atoms. The highest BCUT2D eigenvalue weighted by Gasteiger charge is 2.37. The molecule has 4 heteroatoms. The number of phenolic OH excluding ortho intramolecular Hbond substituents is 1. The Labute approximate surface area is 167 Å². The second-order valence-electron chi connectivity index (χ2n) is 8.04. The molecule has 0 radical (unpaired) electrons. The fraction of sp³-hybridized carbons (Fsp3) is 0.250. The summed E-state index contributed by atoms with van der Waals surface area (Å²) in [4.78, 5) is 0. The molecule has 0 saturated carbocycles. The summed E-state index contributed by atoms with van der Waals surface area (Å²) in [5, 5.41) is 11.2. The molecule has 1 N–H and O–H groups in total. The number of aromatic hydroxyl groups is 1. The van der Waals surface area contributed by atoms with Gasteiger partial charge in [-0.2, -0.15) is 0 Å². The molecule has 0 aliphatic heterocycles. The fourth-order valence-corrected chi connectivity index (χ4v) is 5.47. The third-order valence-corrected chi connectivity index (χ3v) is 7.75. The largest absolute Gasteiger partial charge is 0.508 e. The Bertz CT molecular complexity index is 976. The van der Waals surface area contributed by atoms with Gasteiger partial charge in [-0.1, -0.05) is 69.3 Å². The smallest absolute Gasteiger partial charge is 0.284 e. The number of benzene rings is 3. The average Bonchev–Trinajstić information content (AvgIpc) is 2.68. The van der Waals surface area contributed by atoms with Crippen LogP contribution in [0.15, 0.2) is 78.9 Å². The van der Waals surface area contributed by atoms with Crippen LogP contribution in [-0.4, -0.2) is 5.11 Å². The van der Waals surface area contributed by atoms with Crippen LogP contribution in [0.3, 0.4) is 0 Å². The van der Waals surface area contributed by atoms with E-state index in [0.29, 0.717) is 16.6 Å². The minimum absolute atomic E-state index is 0.0841. The van der Waals surface area contributed by atoms with Crippen molar-refractivity contribution in [1.29, 1.82) is 0 Å². The first-order valence-corrected chi connectivity index (χ1v) is 11.1. The normalized spacial score (nSPS) is 14.9. The van der Waals surface area contributed by atoms with E-state index in [-0.39, 0.29) is 11.2 Å². The molecular weight excluding hydrogens is 367 g/mol. The van der Waals surface area contributed by atoms with E-state index in [1.165, 1.54) is 0 Å². The van der Waals surface area contributed by atoms with Crippen molar-refractivity contribution in [3.63, 3.8) is 0 Å². The number of para-hydroxylation sites is 1. The van der Waals surface area contributed by atoms with Crippen molar-refractivity contribution in [1.82, 2.24) is 0 Å². The lowest BCUT2D eigenvalue weighted by Gasteiger charge is -2.28. The van der Waals surface area contributed by atoms with E-state index in [2.05, 4.69) is 20.8 Å². The predicted octanol–water partition coefficient (Wildman–Crippen LogP) is 6.43. The molecule has 0 fully saturated rings. The molecule has 0 aliphatic carbocycles. The SMILES string of the molecule is CC(c1cc(C(C)(C)C)ccc1O)P(=O)(Oc1ccccc1)c1ccccc1. The molecule has 0 amide bonds. The summed E-state index contributed by atoms with van der Waals surface area (Å²) in [5.74, 6) is 0.682. The second-order valence-corrected chi connectivity index (χ2v) is 10.7. The summed E-state index contributed by atoms with van der Waals surface area (Å²) < 4.78 is 20.4. The Morgan fingerprint density at radius 3 is 2.04 bits per heavy atom. The van der Waals surface area contributed by atoms with E-state index in [0.717, 1.165) is 5.56 Å². The highest BCUT2D eigenvalue weighted by atomic mass is 31.2. The first-order valence-electron chi connectivity index (χ1n) is 9.45. The van der Waals surface area contributed by atoms with E-state index in [9.17, 15) is 9.67 Å². The quantitative estimate of drug-likeness (QED) is 0.507. The van der Waals surface area contributed by atoms with Crippen molar-refractivity contribution in [3.05, 3.63) is 90.0 Å². The zero-order valence-corrected chi connectivity index (χ0v) is 17.7. The molecule has 0 spiro atoms. The van der Waals surface area contributed by atoms with E-state index in [1.54, 1.807) is 18.2 Å². The molecule has 3 rings (SSSR count). The fourth-order valence-electron chi connectivity index (χ4n) is 3.17. The van der Waals surface area contributed by atoms with Gasteiger partial charge in [-0.25, -0.2) is 0 Å². The lowest BCUT2D eigenvalue weighted by molar-refractivity contribution is 0.456. The molecule has 2 unspecified atom stereocenters. The van der Waals surface area contributed by atoms with Crippen LogP contribution in [0.2, 0.25) is 0 Å². The van der Waals surface area contributed by atoms with Crippen LogP contribution >= 0.6 is 7.37 Å². The van der Waals surface area contributed by atoms with Crippen LogP contribution in [0.25, 0.3) is 0 Å². The van der Waals surface area contributed by atoms with Gasteiger partial charge >= 0.3 is 0 Å². The van der Waals surface area contributed by atoms with E-state index >= 15 is 0 Å². The Morgan fingerprint density at radius 2 is 1.46 bits per heavy atom. The minimum atomic E-state index is -3.37. The van der Waals surface area contributed by atoms with Crippen molar-refractivity contribution in [2.45, 2.75) is 38.8 Å². The van der Waals surface area contributed by atoms with E-state index in [4.69, 9.17) is 4.52 Å². The van der Waals surface area contributed by atoms with Crippen molar-refractivity contribution in [3.8, 4) is 11.5 Å². The van der Waals surface area contributed by atoms with Gasteiger partial charge in [0.05, 0.1) is 5.66 Å². The average molecular weight is 394 g/mol. The van der Waals surface area contributed by atoms with Crippen LogP contribution in [-0.2, 0) is 9.98 Å². The van der Waals surface area contributed by atoms with Crippen molar-refractivity contribution in [2.75, 3.05) is 0 Å². The number of rotatable bonds is 5. The summed E-state index contributed by atoms with van der Waals surface area (Å²) >= 11 is 0. The van der Waals surface area contributed by atoms with Gasteiger partial charge in [-0.15, -0.1) is 0 Å². The Morgan fingerprint density at radius 1 is 0.893 bits per heavy atom. The Kier molecular flexibility index (Phi) is 5.67. The van der Waals surface area contributed by atoms with Gasteiger partial charge in [0.25, 0.3) is 7.37 Å². The van der Waals surface area contributed by atoms with Gasteiger partial charge in [-0.05, 0) is 48.2 Å². The molecule has 146 valence electrons. The summed E-state index contributed by atoms with van der Waals surface area (Å²) in [6, 6.07) is 24.0. The molecule has 2 atom stereocenters. The summed E-state index contributed by atoms with van der Waals surface area (Å²) in [7, 11) is -3.37. The highest BCUT2D eigenvalue weighted by molar-refractivity contribution is 7.67. The maximum atomic E-state index is 14.3. The van der Waals surface area contributed by atoms with Crippen LogP contribution in [0, 0.1) is 0 Å². The first kappa shape index (κ1) is 20.2. The summed E-state index contributed by atoms with van der Waals surface area (Å²) in [6.07, 6.45) is 0. The van der Waals surface area contributed by atoms with Crippen LogP contribution in [0.5, 0.6) is 11.5 Å². The van der Waals surface area contributed by atoms with Crippen molar-refractivity contribution in [2.24, 2.45) is 0 Å². The van der Waals surface area contributed by atoms with Gasteiger partial charge in [0.1, 0.15) is 11.5 Å². The molecule has 0 saturated heterocycles. The molecule has 0 aromatic heterocycles. The zero-order valence-electron chi connectivity index (χ0n) is 16.8. The van der Waals surface area contributed by atoms with Gasteiger partial charge in [0.2, 0.25) is 0 Å². The van der Waals surface area contributed by atoms with Gasteiger partial charge in [0, 0.05) is 10.9 Å². The van der Waals surface area contributed by atoms with E-state index in [1.807, 2.05) is 67.6 Å². The highest BCUT2D eigenvalue weighted by Crippen LogP contribution is 2.60. The van der Waals surface area contributed by atoms with Crippen LogP contribution < -0.4 is 9.83 Å². The molecule has 0 bridgehead atoms. The maximum absolute atomic E-state index is 14.3. The molecular formula is C24H27O3P. The minimum Gasteiger partial charge on any atom is -0.508 e. The van der Waals surface area contributed by atoms with Crippen molar-refractivity contribution < 1.29 is 14.2 Å². The first-order chi connectivity index (χ1) is 13.2. The van der Waals surface area contributed by atoms with Gasteiger partial charge in [0.15, 0.2) is 0 Å². The molecule has 3 aromatic carbocycles. The monoisotopic (exact) mass is 394 g/mol. The van der Waals surface area contributed by atoms with Crippen LogP contribution in [0.4, 0.5) is 0 Å². The standard InChI is InChI=1S/C24H27O3P/c1-18(22-17-19(24(2,3)4)15-16-23(22)25)28(26,21-13-9-6-10-14-21)27-20-11-7-5-8-12-20/h5-18,25H,1-4H3. The van der Waals surface area contributed by atoms with Crippen molar-refractivity contribution >= 4 is 12.7 Å². The second kappa shape index (κ2) is 7.85. The number of phenols is 1. The molecule has 0 aliphatic rings. The van der Waals surface area contributed by atoms with Crippen LogP contribution in [0.1, 0.15) is 44.5 Å². The maximum Gasteiger partial charge on any atom is 0.284 e. The Hall–Kier alpha value is -2.51. The summed E-state index contributed by atoms with van der Waals surface area (Å²) in [5.41, 5.74) is 1.11. The topological polar surface area (TPSA) is 46.5 Å². The lowest BCUT2D eigenvalue weighted by Crippen LogP contribution is -2.16. The Balaban J connectivity index is 2.12.